The Kier molecular flexibility index (Phi) is 6.38. The van der Waals surface area contributed by atoms with E-state index in [9.17, 15) is 18.3 Å². The van der Waals surface area contributed by atoms with Crippen LogP contribution in [-0.2, 0) is 14.8 Å². The number of hydrogen-bond acceptors (Lipinski definition) is 5. The largest absolute Gasteiger partial charge is 0.444 e. The molecular formula is C17H32N2O5S. The van der Waals surface area contributed by atoms with Crippen molar-refractivity contribution in [3.63, 3.8) is 0 Å². The summed E-state index contributed by atoms with van der Waals surface area (Å²) in [5.74, 6) is 0.187. The number of piperidine rings is 2. The number of rotatable bonds is 3. The lowest BCUT2D eigenvalue weighted by Crippen LogP contribution is -2.49. The van der Waals surface area contributed by atoms with Crippen LogP contribution in [0.4, 0.5) is 4.79 Å². The fourth-order valence-electron chi connectivity index (χ4n) is 3.69. The predicted molar refractivity (Wildman–Crippen MR) is 95.7 cm³/mol. The molecule has 0 saturated carbocycles. The van der Waals surface area contributed by atoms with Crippen LogP contribution in [0, 0.1) is 11.8 Å². The Bertz CT molecular complexity index is 572. The zero-order valence-electron chi connectivity index (χ0n) is 15.8. The van der Waals surface area contributed by atoms with Gasteiger partial charge in [0, 0.05) is 32.1 Å². The number of carbonyl (C=O) groups is 1. The standard InChI is InChI=1S/C17H32N2O5S/c1-17(2,3)24-16(21)18-9-7-15(20)14(12-18)10-13-6-5-8-19(11-13)25(4,22)23/h13-15,20H,5-12H2,1-4H3. The molecule has 2 aliphatic rings. The molecule has 2 fully saturated rings. The molecule has 0 aromatic carbocycles. The molecule has 2 heterocycles. The number of sulfonamides is 1. The number of ether oxygens (including phenoxy) is 1. The van der Waals surface area contributed by atoms with Gasteiger partial charge in [-0.3, -0.25) is 0 Å². The Balaban J connectivity index is 1.94. The summed E-state index contributed by atoms with van der Waals surface area (Å²) in [6.45, 7) is 7.55. The first-order chi connectivity index (χ1) is 11.5. The number of hydrogen-bond donors (Lipinski definition) is 1. The summed E-state index contributed by atoms with van der Waals surface area (Å²) >= 11 is 0. The monoisotopic (exact) mass is 376 g/mol. The van der Waals surface area contributed by atoms with Crippen LogP contribution in [0.5, 0.6) is 0 Å². The van der Waals surface area contributed by atoms with E-state index in [2.05, 4.69) is 0 Å². The first-order valence-corrected chi connectivity index (χ1v) is 10.9. The Labute approximate surface area is 151 Å². The summed E-state index contributed by atoms with van der Waals surface area (Å²) in [7, 11) is -3.17. The van der Waals surface area contributed by atoms with Crippen molar-refractivity contribution in [2.24, 2.45) is 11.8 Å². The Hall–Kier alpha value is -0.860. The van der Waals surface area contributed by atoms with E-state index in [0.29, 0.717) is 32.6 Å². The molecular weight excluding hydrogens is 344 g/mol. The molecule has 146 valence electrons. The van der Waals surface area contributed by atoms with E-state index >= 15 is 0 Å². The molecule has 25 heavy (non-hydrogen) atoms. The number of amides is 1. The van der Waals surface area contributed by atoms with Gasteiger partial charge in [-0.1, -0.05) is 0 Å². The molecule has 1 N–H and O–H groups in total. The lowest BCUT2D eigenvalue weighted by atomic mass is 9.83. The summed E-state index contributed by atoms with van der Waals surface area (Å²) < 4.78 is 30.5. The van der Waals surface area contributed by atoms with Crippen LogP contribution < -0.4 is 0 Å². The molecule has 3 atom stereocenters. The summed E-state index contributed by atoms with van der Waals surface area (Å²) in [4.78, 5) is 13.9. The molecule has 8 heteroatoms. The fraction of sp³-hybridized carbons (Fsp3) is 0.941. The summed E-state index contributed by atoms with van der Waals surface area (Å²) in [5, 5.41) is 10.3. The second-order valence-electron chi connectivity index (χ2n) is 8.41. The molecule has 3 unspecified atom stereocenters. The van der Waals surface area contributed by atoms with Gasteiger partial charge in [-0.2, -0.15) is 0 Å². The van der Waals surface area contributed by atoms with Gasteiger partial charge in [0.15, 0.2) is 0 Å². The molecule has 2 rings (SSSR count). The lowest BCUT2D eigenvalue weighted by molar-refractivity contribution is -0.0147. The van der Waals surface area contributed by atoms with Crippen molar-refractivity contribution in [1.82, 2.24) is 9.21 Å². The molecule has 0 bridgehead atoms. The van der Waals surface area contributed by atoms with Crippen molar-refractivity contribution in [3.8, 4) is 0 Å². The van der Waals surface area contributed by atoms with E-state index in [1.807, 2.05) is 20.8 Å². The second-order valence-corrected chi connectivity index (χ2v) is 10.4. The zero-order valence-corrected chi connectivity index (χ0v) is 16.6. The first-order valence-electron chi connectivity index (χ1n) is 9.07. The Morgan fingerprint density at radius 2 is 1.88 bits per heavy atom. The van der Waals surface area contributed by atoms with E-state index in [0.717, 1.165) is 19.3 Å². The fourth-order valence-corrected chi connectivity index (χ4v) is 4.63. The second kappa shape index (κ2) is 7.80. The summed E-state index contributed by atoms with van der Waals surface area (Å²) in [6.07, 6.45) is 3.52. The normalized spacial score (nSPS) is 29.5. The van der Waals surface area contributed by atoms with Gasteiger partial charge in [-0.15, -0.1) is 0 Å². The van der Waals surface area contributed by atoms with Gasteiger partial charge < -0.3 is 14.7 Å². The number of likely N-dealkylation sites (tertiary alicyclic amines) is 1. The molecule has 0 aromatic rings. The molecule has 1 amide bonds. The van der Waals surface area contributed by atoms with Gasteiger partial charge in [0.1, 0.15) is 5.60 Å². The van der Waals surface area contributed by atoms with Crippen LogP contribution >= 0.6 is 0 Å². The van der Waals surface area contributed by atoms with Crippen LogP contribution in [0.15, 0.2) is 0 Å². The van der Waals surface area contributed by atoms with Gasteiger partial charge >= 0.3 is 6.09 Å². The van der Waals surface area contributed by atoms with Crippen molar-refractivity contribution < 1.29 is 23.1 Å². The van der Waals surface area contributed by atoms with E-state index in [1.54, 1.807) is 4.90 Å². The predicted octanol–water partition coefficient (Wildman–Crippen LogP) is 1.67. The number of aliphatic hydroxyl groups excluding tert-OH is 1. The van der Waals surface area contributed by atoms with E-state index in [1.165, 1.54) is 10.6 Å². The van der Waals surface area contributed by atoms with E-state index in [-0.39, 0.29) is 17.9 Å². The number of aliphatic hydroxyl groups is 1. The van der Waals surface area contributed by atoms with Crippen molar-refractivity contribution in [2.45, 2.75) is 58.2 Å². The maximum absolute atomic E-state index is 12.3. The van der Waals surface area contributed by atoms with Crippen molar-refractivity contribution in [1.29, 1.82) is 0 Å². The third kappa shape index (κ3) is 6.11. The molecule has 0 spiro atoms. The maximum Gasteiger partial charge on any atom is 0.410 e. The topological polar surface area (TPSA) is 87.2 Å². The molecule has 0 aliphatic carbocycles. The highest BCUT2D eigenvalue weighted by Gasteiger charge is 2.35. The van der Waals surface area contributed by atoms with Crippen molar-refractivity contribution >= 4 is 16.1 Å². The van der Waals surface area contributed by atoms with E-state index < -0.39 is 21.7 Å². The van der Waals surface area contributed by atoms with E-state index in [4.69, 9.17) is 4.74 Å². The summed E-state index contributed by atoms with van der Waals surface area (Å²) in [5.41, 5.74) is -0.540. The molecule has 0 radical (unpaired) electrons. The lowest BCUT2D eigenvalue weighted by Gasteiger charge is -2.39. The maximum atomic E-state index is 12.3. The highest BCUT2D eigenvalue weighted by atomic mass is 32.2. The van der Waals surface area contributed by atoms with Crippen LogP contribution in [0.3, 0.4) is 0 Å². The third-order valence-electron chi connectivity index (χ3n) is 4.93. The highest BCUT2D eigenvalue weighted by Crippen LogP contribution is 2.30. The molecule has 2 saturated heterocycles. The number of nitrogens with zero attached hydrogens (tertiary/aromatic N) is 2. The quantitative estimate of drug-likeness (QED) is 0.809. The number of carbonyl (C=O) groups excluding carboxylic acids is 1. The third-order valence-corrected chi connectivity index (χ3v) is 6.20. The summed E-state index contributed by atoms with van der Waals surface area (Å²) in [6, 6.07) is 0. The molecule has 7 nitrogen and oxygen atoms in total. The highest BCUT2D eigenvalue weighted by molar-refractivity contribution is 7.88. The molecule has 2 aliphatic heterocycles. The van der Waals surface area contributed by atoms with Crippen LogP contribution in [0.25, 0.3) is 0 Å². The van der Waals surface area contributed by atoms with Gasteiger partial charge in [-0.05, 0) is 52.4 Å². The van der Waals surface area contributed by atoms with Crippen molar-refractivity contribution in [3.05, 3.63) is 0 Å². The minimum absolute atomic E-state index is 0.0363. The Morgan fingerprint density at radius 1 is 1.20 bits per heavy atom. The minimum atomic E-state index is -3.17. The van der Waals surface area contributed by atoms with Crippen LogP contribution in [0.1, 0.15) is 46.5 Å². The minimum Gasteiger partial charge on any atom is -0.444 e. The van der Waals surface area contributed by atoms with Crippen LogP contribution in [0.2, 0.25) is 0 Å². The SMILES string of the molecule is CC(C)(C)OC(=O)N1CCC(O)C(CC2CCCN(S(C)(=O)=O)C2)C1. The average Bonchev–Trinajstić information content (AvgIpc) is 2.47. The molecule has 0 aromatic heterocycles. The zero-order chi connectivity index (χ0) is 18.8. The smallest absolute Gasteiger partial charge is 0.410 e. The van der Waals surface area contributed by atoms with Gasteiger partial charge in [0.25, 0.3) is 0 Å². The van der Waals surface area contributed by atoms with Gasteiger partial charge in [0.2, 0.25) is 10.0 Å². The van der Waals surface area contributed by atoms with Crippen LogP contribution in [-0.4, -0.2) is 73.0 Å². The average molecular weight is 377 g/mol. The van der Waals surface area contributed by atoms with Gasteiger partial charge in [-0.25, -0.2) is 17.5 Å². The Morgan fingerprint density at radius 3 is 2.48 bits per heavy atom. The first kappa shape index (κ1) is 20.5. The van der Waals surface area contributed by atoms with Gasteiger partial charge in [0.05, 0.1) is 12.4 Å². The van der Waals surface area contributed by atoms with Crippen molar-refractivity contribution in [2.75, 3.05) is 32.4 Å².